The van der Waals surface area contributed by atoms with Crippen LogP contribution >= 0.6 is 0 Å². The summed E-state index contributed by atoms with van der Waals surface area (Å²) in [6.07, 6.45) is 3.48. The van der Waals surface area contributed by atoms with E-state index in [-0.39, 0.29) is 11.8 Å². The van der Waals surface area contributed by atoms with Crippen molar-refractivity contribution in [1.82, 2.24) is 9.80 Å². The second-order valence-corrected chi connectivity index (χ2v) is 11.4. The highest BCUT2D eigenvalue weighted by atomic mass is 16.5. The first kappa shape index (κ1) is 37.3. The van der Waals surface area contributed by atoms with Gasteiger partial charge < -0.3 is 47.7 Å². The topological polar surface area (TPSA) is 80.3 Å². The van der Waals surface area contributed by atoms with Gasteiger partial charge in [0.1, 0.15) is 0 Å². The maximum absolute atomic E-state index is 6.32. The summed E-state index contributed by atoms with van der Waals surface area (Å²) in [6.45, 7) is 4.45. The Bertz CT molecular complexity index is 1040. The molecular weight excluding hydrogens is 564 g/mol. The van der Waals surface area contributed by atoms with Crippen molar-refractivity contribution < 1.29 is 37.9 Å². The number of benzene rings is 2. The molecule has 0 unspecified atom stereocenters. The number of ether oxygens (including phenoxy) is 8. The molecule has 0 fully saturated rings. The zero-order chi connectivity index (χ0) is 32.5. The highest BCUT2D eigenvalue weighted by Crippen LogP contribution is 2.41. The van der Waals surface area contributed by atoms with Gasteiger partial charge >= 0.3 is 0 Å². The van der Waals surface area contributed by atoms with Gasteiger partial charge in [0.2, 0.25) is 11.5 Å². The SMILES string of the molecule is COc1cc(C[C@@H](CCCOCCN(C)C)[C@H](COCCN(C)C)Cc2cc(OC)c(OC)c(OC)c2)cc(OC)c1OC. The predicted octanol–water partition coefficient (Wildman–Crippen LogP) is 4.69. The summed E-state index contributed by atoms with van der Waals surface area (Å²) in [5.74, 6) is 4.22. The minimum atomic E-state index is 0.195. The summed E-state index contributed by atoms with van der Waals surface area (Å²) >= 11 is 0. The minimum absolute atomic E-state index is 0.195. The summed E-state index contributed by atoms with van der Waals surface area (Å²) < 4.78 is 46.2. The van der Waals surface area contributed by atoms with Crippen molar-refractivity contribution in [2.24, 2.45) is 11.8 Å². The Kier molecular flexibility index (Phi) is 17.1. The lowest BCUT2D eigenvalue weighted by Gasteiger charge is -2.29. The van der Waals surface area contributed by atoms with Crippen molar-refractivity contribution in [3.05, 3.63) is 35.4 Å². The average Bonchev–Trinajstić information content (AvgIpc) is 3.01. The minimum Gasteiger partial charge on any atom is -0.493 e. The van der Waals surface area contributed by atoms with Gasteiger partial charge in [0.05, 0.1) is 62.5 Å². The van der Waals surface area contributed by atoms with Gasteiger partial charge in [-0.1, -0.05) is 0 Å². The molecule has 0 N–H and O–H groups in total. The predicted molar refractivity (Wildman–Crippen MR) is 175 cm³/mol. The Morgan fingerprint density at radius 3 is 1.32 bits per heavy atom. The average molecular weight is 621 g/mol. The Labute approximate surface area is 265 Å². The molecule has 0 aromatic heterocycles. The fraction of sp³-hybridized carbons (Fsp3) is 0.647. The van der Waals surface area contributed by atoms with Crippen molar-refractivity contribution in [3.63, 3.8) is 0 Å². The van der Waals surface area contributed by atoms with E-state index >= 15 is 0 Å². The number of rotatable bonds is 23. The van der Waals surface area contributed by atoms with E-state index in [4.69, 9.17) is 37.9 Å². The first-order chi connectivity index (χ1) is 21.2. The van der Waals surface area contributed by atoms with E-state index in [2.05, 4.69) is 38.0 Å². The molecule has 44 heavy (non-hydrogen) atoms. The summed E-state index contributed by atoms with van der Waals surface area (Å²) in [7, 11) is 18.1. The first-order valence-electron chi connectivity index (χ1n) is 15.2. The lowest BCUT2D eigenvalue weighted by molar-refractivity contribution is 0.0601. The van der Waals surface area contributed by atoms with Gasteiger partial charge in [-0.25, -0.2) is 0 Å². The molecule has 0 aliphatic rings. The van der Waals surface area contributed by atoms with Crippen LogP contribution in [0.4, 0.5) is 0 Å². The van der Waals surface area contributed by atoms with Crippen molar-refractivity contribution in [1.29, 1.82) is 0 Å². The smallest absolute Gasteiger partial charge is 0.203 e. The zero-order valence-corrected chi connectivity index (χ0v) is 28.7. The molecule has 0 aliphatic heterocycles. The molecule has 250 valence electrons. The molecule has 0 spiro atoms. The van der Waals surface area contributed by atoms with E-state index in [1.165, 1.54) is 0 Å². The lowest BCUT2D eigenvalue weighted by Crippen LogP contribution is -2.27. The highest BCUT2D eigenvalue weighted by Gasteiger charge is 2.26. The van der Waals surface area contributed by atoms with E-state index in [9.17, 15) is 0 Å². The van der Waals surface area contributed by atoms with Crippen LogP contribution in [0, 0.1) is 11.8 Å². The van der Waals surface area contributed by atoms with Crippen LogP contribution in [0.1, 0.15) is 24.0 Å². The molecule has 0 heterocycles. The lowest BCUT2D eigenvalue weighted by atomic mass is 9.80. The van der Waals surface area contributed by atoms with E-state index in [0.29, 0.717) is 60.9 Å². The number of likely N-dealkylation sites (N-methyl/N-ethyl adjacent to an activating group) is 2. The summed E-state index contributed by atoms with van der Waals surface area (Å²) in [5, 5.41) is 0. The van der Waals surface area contributed by atoms with Crippen molar-refractivity contribution >= 4 is 0 Å². The van der Waals surface area contributed by atoms with Gasteiger partial charge in [-0.3, -0.25) is 0 Å². The third kappa shape index (κ3) is 11.9. The number of hydrogen-bond donors (Lipinski definition) is 0. The summed E-state index contributed by atoms with van der Waals surface area (Å²) in [6, 6.07) is 8.17. The molecule has 0 saturated carbocycles. The third-order valence-corrected chi connectivity index (χ3v) is 7.67. The van der Waals surface area contributed by atoms with Crippen molar-refractivity contribution in [2.75, 3.05) is 110 Å². The Balaban J connectivity index is 2.45. The zero-order valence-electron chi connectivity index (χ0n) is 28.7. The van der Waals surface area contributed by atoms with E-state index in [1.807, 2.05) is 24.3 Å². The molecule has 0 bridgehead atoms. The molecule has 2 aromatic carbocycles. The highest BCUT2D eigenvalue weighted by molar-refractivity contribution is 5.55. The molecule has 2 atom stereocenters. The number of methoxy groups -OCH3 is 6. The second kappa shape index (κ2) is 20.2. The van der Waals surface area contributed by atoms with Crippen molar-refractivity contribution in [3.8, 4) is 34.5 Å². The molecule has 2 aromatic rings. The molecule has 10 nitrogen and oxygen atoms in total. The van der Waals surface area contributed by atoms with E-state index < -0.39 is 0 Å². The van der Waals surface area contributed by atoms with Gasteiger partial charge in [-0.15, -0.1) is 0 Å². The van der Waals surface area contributed by atoms with Crippen LogP contribution in [0.25, 0.3) is 0 Å². The van der Waals surface area contributed by atoms with Crippen LogP contribution in [-0.4, -0.2) is 120 Å². The van der Waals surface area contributed by atoms with Crippen LogP contribution in [0.5, 0.6) is 34.5 Å². The van der Waals surface area contributed by atoms with Crippen molar-refractivity contribution in [2.45, 2.75) is 25.7 Å². The monoisotopic (exact) mass is 620 g/mol. The van der Waals surface area contributed by atoms with Gasteiger partial charge in [-0.05, 0) is 101 Å². The Morgan fingerprint density at radius 1 is 0.523 bits per heavy atom. The molecule has 0 radical (unpaired) electrons. The van der Waals surface area contributed by atoms with Gasteiger partial charge in [-0.2, -0.15) is 0 Å². The Morgan fingerprint density at radius 2 is 0.932 bits per heavy atom. The second-order valence-electron chi connectivity index (χ2n) is 11.4. The first-order valence-corrected chi connectivity index (χ1v) is 15.2. The molecule has 2 rings (SSSR count). The molecule has 0 amide bonds. The summed E-state index contributed by atoms with van der Waals surface area (Å²) in [4.78, 5) is 4.26. The van der Waals surface area contributed by atoms with Gasteiger partial charge in [0, 0.05) is 19.7 Å². The third-order valence-electron chi connectivity index (χ3n) is 7.67. The quantitative estimate of drug-likeness (QED) is 0.163. The van der Waals surface area contributed by atoms with Crippen LogP contribution in [0.2, 0.25) is 0 Å². The fourth-order valence-corrected chi connectivity index (χ4v) is 5.26. The van der Waals surface area contributed by atoms with Gasteiger partial charge in [0.15, 0.2) is 23.0 Å². The Hall–Kier alpha value is -2.92. The van der Waals surface area contributed by atoms with Crippen LogP contribution in [-0.2, 0) is 22.3 Å². The van der Waals surface area contributed by atoms with Crippen LogP contribution in [0.15, 0.2) is 24.3 Å². The largest absolute Gasteiger partial charge is 0.493 e. The molecular formula is C34H56N2O8. The van der Waals surface area contributed by atoms with E-state index in [1.54, 1.807) is 42.7 Å². The van der Waals surface area contributed by atoms with Crippen LogP contribution < -0.4 is 28.4 Å². The van der Waals surface area contributed by atoms with Crippen LogP contribution in [0.3, 0.4) is 0 Å². The fourth-order valence-electron chi connectivity index (χ4n) is 5.26. The maximum Gasteiger partial charge on any atom is 0.203 e. The van der Waals surface area contributed by atoms with Gasteiger partial charge in [0.25, 0.3) is 0 Å². The van der Waals surface area contributed by atoms with E-state index in [0.717, 1.165) is 49.9 Å². The summed E-state index contributed by atoms with van der Waals surface area (Å²) in [5.41, 5.74) is 2.21. The molecule has 10 heteroatoms. The molecule has 0 saturated heterocycles. The molecule has 0 aliphatic carbocycles. The number of hydrogen-bond acceptors (Lipinski definition) is 10. The normalized spacial score (nSPS) is 12.7. The maximum atomic E-state index is 6.32. The number of nitrogens with zero attached hydrogens (tertiary/aromatic N) is 2. The standard InChI is InChI=1S/C34H56N2O8/c1-35(2)13-16-43-15-11-12-27(18-25-20-29(37-5)33(41-9)30(21-25)38-6)28(24-44-17-14-36(3)4)19-26-22-31(39-7)34(42-10)32(23-26)40-8/h20-23,27-28H,11-19,24H2,1-10H3/t27-,28+/m1/s1.